The highest BCUT2D eigenvalue weighted by Gasteiger charge is 2.35. The van der Waals surface area contributed by atoms with Crippen LogP contribution in [0.1, 0.15) is 64.9 Å². The molecule has 20 heavy (non-hydrogen) atoms. The fourth-order valence-electron chi connectivity index (χ4n) is 3.64. The maximum atomic E-state index is 5.98. The molecule has 0 saturated heterocycles. The average molecular weight is 273 g/mol. The van der Waals surface area contributed by atoms with Gasteiger partial charge < -0.3 is 10.1 Å². The SMILES string of the molecule is CC(C)(C)Oc1ccc2c(c1)CCC1(CCCCC1)N2. The first-order valence-electron chi connectivity index (χ1n) is 8.06. The summed E-state index contributed by atoms with van der Waals surface area (Å²) >= 11 is 0. The molecule has 0 unspecified atom stereocenters. The molecule has 0 aromatic heterocycles. The van der Waals surface area contributed by atoms with Crippen molar-refractivity contribution in [2.45, 2.75) is 76.9 Å². The monoisotopic (exact) mass is 273 g/mol. The summed E-state index contributed by atoms with van der Waals surface area (Å²) in [4.78, 5) is 0. The lowest BCUT2D eigenvalue weighted by Gasteiger charge is -2.43. The number of benzene rings is 1. The second-order valence-electron chi connectivity index (χ2n) is 7.50. The van der Waals surface area contributed by atoms with Gasteiger partial charge in [0, 0.05) is 11.2 Å². The number of nitrogens with one attached hydrogen (secondary N) is 1. The smallest absolute Gasteiger partial charge is 0.120 e. The lowest BCUT2D eigenvalue weighted by Crippen LogP contribution is -2.43. The third-order valence-electron chi connectivity index (χ3n) is 4.58. The quantitative estimate of drug-likeness (QED) is 0.783. The van der Waals surface area contributed by atoms with Crippen molar-refractivity contribution in [2.24, 2.45) is 0 Å². The van der Waals surface area contributed by atoms with E-state index in [0.29, 0.717) is 5.54 Å². The summed E-state index contributed by atoms with van der Waals surface area (Å²) in [5, 5.41) is 3.85. The van der Waals surface area contributed by atoms with Gasteiger partial charge in [0.15, 0.2) is 0 Å². The topological polar surface area (TPSA) is 21.3 Å². The maximum Gasteiger partial charge on any atom is 0.120 e. The van der Waals surface area contributed by atoms with Gasteiger partial charge in [0.1, 0.15) is 11.4 Å². The first kappa shape index (κ1) is 13.8. The molecule has 2 nitrogen and oxygen atoms in total. The van der Waals surface area contributed by atoms with Crippen molar-refractivity contribution >= 4 is 5.69 Å². The van der Waals surface area contributed by atoms with E-state index < -0.39 is 0 Å². The van der Waals surface area contributed by atoms with E-state index in [1.54, 1.807) is 0 Å². The number of rotatable bonds is 1. The molecule has 1 fully saturated rings. The second kappa shape index (κ2) is 4.98. The van der Waals surface area contributed by atoms with Gasteiger partial charge in [0.05, 0.1) is 0 Å². The summed E-state index contributed by atoms with van der Waals surface area (Å²) < 4.78 is 5.98. The van der Waals surface area contributed by atoms with Crippen LogP contribution in [0.15, 0.2) is 18.2 Å². The van der Waals surface area contributed by atoms with Gasteiger partial charge in [-0.1, -0.05) is 19.3 Å². The summed E-state index contributed by atoms with van der Waals surface area (Å²) in [6.07, 6.45) is 9.32. The molecule has 0 bridgehead atoms. The Hall–Kier alpha value is -1.18. The summed E-state index contributed by atoms with van der Waals surface area (Å²) in [5.74, 6) is 0.998. The van der Waals surface area contributed by atoms with Gasteiger partial charge in [-0.05, 0) is 70.2 Å². The Kier molecular flexibility index (Phi) is 3.43. The molecule has 1 aromatic carbocycles. The third-order valence-corrected chi connectivity index (χ3v) is 4.58. The molecule has 1 aliphatic carbocycles. The van der Waals surface area contributed by atoms with Crippen molar-refractivity contribution in [1.29, 1.82) is 0 Å². The van der Waals surface area contributed by atoms with Crippen LogP contribution in [0.25, 0.3) is 0 Å². The number of anilines is 1. The molecule has 0 radical (unpaired) electrons. The molecule has 1 aliphatic heterocycles. The van der Waals surface area contributed by atoms with E-state index >= 15 is 0 Å². The molecule has 2 aliphatic rings. The molecule has 2 heteroatoms. The number of ether oxygens (including phenoxy) is 1. The zero-order valence-corrected chi connectivity index (χ0v) is 13.1. The summed E-state index contributed by atoms with van der Waals surface area (Å²) in [7, 11) is 0. The van der Waals surface area contributed by atoms with Crippen LogP contribution >= 0.6 is 0 Å². The Bertz CT molecular complexity index is 481. The van der Waals surface area contributed by atoms with E-state index in [2.05, 4.69) is 44.3 Å². The number of fused-ring (bicyclic) bond motifs is 1. The zero-order valence-electron chi connectivity index (χ0n) is 13.1. The van der Waals surface area contributed by atoms with Gasteiger partial charge in [-0.2, -0.15) is 0 Å². The van der Waals surface area contributed by atoms with Gasteiger partial charge >= 0.3 is 0 Å². The van der Waals surface area contributed by atoms with Crippen LogP contribution in [0.2, 0.25) is 0 Å². The van der Waals surface area contributed by atoms with E-state index in [9.17, 15) is 0 Å². The Morgan fingerprint density at radius 1 is 1.05 bits per heavy atom. The molecule has 3 rings (SSSR count). The van der Waals surface area contributed by atoms with Gasteiger partial charge in [0.25, 0.3) is 0 Å². The van der Waals surface area contributed by atoms with Gasteiger partial charge in [-0.15, -0.1) is 0 Å². The predicted octanol–water partition coefficient (Wildman–Crippen LogP) is 4.92. The minimum atomic E-state index is -0.124. The van der Waals surface area contributed by atoms with Crippen LogP contribution < -0.4 is 10.1 Å². The Labute approximate surface area is 122 Å². The molecule has 110 valence electrons. The zero-order chi connectivity index (χ0) is 14.2. The molecule has 1 spiro atoms. The Morgan fingerprint density at radius 2 is 1.80 bits per heavy atom. The number of hydrogen-bond donors (Lipinski definition) is 1. The molecule has 1 aromatic rings. The highest BCUT2D eigenvalue weighted by molar-refractivity contribution is 5.58. The van der Waals surface area contributed by atoms with E-state index in [1.165, 1.54) is 56.2 Å². The van der Waals surface area contributed by atoms with Crippen LogP contribution in [0.3, 0.4) is 0 Å². The van der Waals surface area contributed by atoms with Crippen LogP contribution in [0, 0.1) is 0 Å². The van der Waals surface area contributed by atoms with Crippen molar-refractivity contribution in [1.82, 2.24) is 0 Å². The molecule has 0 atom stereocenters. The molecular formula is C18H27NO. The normalized spacial score (nSPS) is 21.1. The first-order valence-corrected chi connectivity index (χ1v) is 8.06. The summed E-state index contributed by atoms with van der Waals surface area (Å²) in [5.41, 5.74) is 3.01. The number of hydrogen-bond acceptors (Lipinski definition) is 2. The van der Waals surface area contributed by atoms with E-state index in [-0.39, 0.29) is 5.60 Å². The van der Waals surface area contributed by atoms with Crippen molar-refractivity contribution in [3.8, 4) is 5.75 Å². The lowest BCUT2D eigenvalue weighted by molar-refractivity contribution is 0.131. The van der Waals surface area contributed by atoms with Crippen LogP contribution in [0.4, 0.5) is 5.69 Å². The van der Waals surface area contributed by atoms with Crippen molar-refractivity contribution < 1.29 is 4.74 Å². The first-order chi connectivity index (χ1) is 9.46. The summed E-state index contributed by atoms with van der Waals surface area (Å²) in [6, 6.07) is 6.55. The van der Waals surface area contributed by atoms with Crippen LogP contribution in [0.5, 0.6) is 5.75 Å². The largest absolute Gasteiger partial charge is 0.488 e. The summed E-state index contributed by atoms with van der Waals surface area (Å²) in [6.45, 7) is 6.30. The molecule has 0 amide bonds. The predicted molar refractivity (Wildman–Crippen MR) is 84.6 cm³/mol. The second-order valence-corrected chi connectivity index (χ2v) is 7.50. The van der Waals surface area contributed by atoms with Crippen LogP contribution in [-0.2, 0) is 6.42 Å². The van der Waals surface area contributed by atoms with Crippen molar-refractivity contribution in [3.05, 3.63) is 23.8 Å². The Morgan fingerprint density at radius 3 is 2.50 bits per heavy atom. The standard InChI is InChI=1S/C18H27NO/c1-17(2,3)20-15-7-8-16-14(13-15)9-12-18(19-16)10-5-4-6-11-18/h7-8,13,19H,4-6,9-12H2,1-3H3. The van der Waals surface area contributed by atoms with Gasteiger partial charge in [-0.3, -0.25) is 0 Å². The fraction of sp³-hybridized carbons (Fsp3) is 0.667. The highest BCUT2D eigenvalue weighted by atomic mass is 16.5. The van der Waals surface area contributed by atoms with E-state index in [4.69, 9.17) is 4.74 Å². The van der Waals surface area contributed by atoms with E-state index in [0.717, 1.165) is 5.75 Å². The molecular weight excluding hydrogens is 246 g/mol. The van der Waals surface area contributed by atoms with Crippen molar-refractivity contribution in [3.63, 3.8) is 0 Å². The van der Waals surface area contributed by atoms with Gasteiger partial charge in [-0.25, -0.2) is 0 Å². The fourth-order valence-corrected chi connectivity index (χ4v) is 3.64. The minimum Gasteiger partial charge on any atom is -0.488 e. The lowest BCUT2D eigenvalue weighted by atomic mass is 9.75. The third kappa shape index (κ3) is 2.94. The maximum absolute atomic E-state index is 5.98. The molecule has 1 saturated carbocycles. The highest BCUT2D eigenvalue weighted by Crippen LogP contribution is 2.41. The van der Waals surface area contributed by atoms with Crippen molar-refractivity contribution in [2.75, 3.05) is 5.32 Å². The van der Waals surface area contributed by atoms with Gasteiger partial charge in [0.2, 0.25) is 0 Å². The average Bonchev–Trinajstić information content (AvgIpc) is 2.38. The van der Waals surface area contributed by atoms with E-state index in [1.807, 2.05) is 0 Å². The molecule has 1 N–H and O–H groups in total. The molecule has 1 heterocycles. The number of aryl methyl sites for hydroxylation is 1. The Balaban J connectivity index is 1.78. The minimum absolute atomic E-state index is 0.124. The van der Waals surface area contributed by atoms with Crippen LogP contribution in [-0.4, -0.2) is 11.1 Å².